The summed E-state index contributed by atoms with van der Waals surface area (Å²) < 4.78 is 33.4. The van der Waals surface area contributed by atoms with Crippen molar-refractivity contribution in [1.82, 2.24) is 0 Å². The number of nitrogens with one attached hydrogen (secondary N) is 3. The van der Waals surface area contributed by atoms with Crippen molar-refractivity contribution in [3.05, 3.63) is 93.3 Å². The largest absolute Gasteiger partial charge is 0.462 e. The summed E-state index contributed by atoms with van der Waals surface area (Å²) in [5, 5.41) is 7.52. The van der Waals surface area contributed by atoms with E-state index in [-0.39, 0.29) is 22.3 Å². The van der Waals surface area contributed by atoms with Crippen LogP contribution in [0.2, 0.25) is 10.0 Å². The number of hydrogen-bond donors (Lipinski definition) is 3. The van der Waals surface area contributed by atoms with Gasteiger partial charge in [0.1, 0.15) is 10.6 Å². The van der Waals surface area contributed by atoms with Crippen molar-refractivity contribution in [1.29, 1.82) is 0 Å². The molecular formula is C27H23Cl2N3O4S3. The highest BCUT2D eigenvalue weighted by molar-refractivity contribution is 7.92. The summed E-state index contributed by atoms with van der Waals surface area (Å²) in [6.07, 6.45) is 0. The zero-order chi connectivity index (χ0) is 28.2. The van der Waals surface area contributed by atoms with Crippen LogP contribution in [-0.4, -0.2) is 26.1 Å². The van der Waals surface area contributed by atoms with Crippen LogP contribution < -0.4 is 15.4 Å². The number of esters is 1. The average molecular weight is 621 g/mol. The van der Waals surface area contributed by atoms with Crippen LogP contribution in [0.15, 0.2) is 77.7 Å². The van der Waals surface area contributed by atoms with E-state index in [1.807, 2.05) is 37.3 Å². The second-order valence-corrected chi connectivity index (χ2v) is 12.4. The SMILES string of the molecule is CCOC(=O)c1c(NC(=S)Nc2ccc(S(=O)(=O)Nc3cc(Cl)cc(Cl)c3)cc2)sc(C)c1-c1ccccc1. The van der Waals surface area contributed by atoms with E-state index in [0.717, 1.165) is 16.0 Å². The van der Waals surface area contributed by atoms with E-state index in [0.29, 0.717) is 26.3 Å². The highest BCUT2D eigenvalue weighted by Gasteiger charge is 2.25. The Labute approximate surface area is 246 Å². The van der Waals surface area contributed by atoms with Crippen LogP contribution in [0.3, 0.4) is 0 Å². The van der Waals surface area contributed by atoms with Gasteiger partial charge in [0.25, 0.3) is 10.0 Å². The topological polar surface area (TPSA) is 96.5 Å². The number of carbonyl (C=O) groups excluding carboxylic acids is 1. The molecule has 1 aromatic heterocycles. The molecule has 0 atom stereocenters. The lowest BCUT2D eigenvalue weighted by atomic mass is 10.0. The van der Waals surface area contributed by atoms with Gasteiger partial charge in [-0.1, -0.05) is 53.5 Å². The second-order valence-electron chi connectivity index (χ2n) is 8.19. The molecule has 0 radical (unpaired) electrons. The van der Waals surface area contributed by atoms with E-state index in [2.05, 4.69) is 15.4 Å². The molecule has 7 nitrogen and oxygen atoms in total. The third-order valence-corrected chi connectivity index (χ3v) is 8.45. The van der Waals surface area contributed by atoms with Gasteiger partial charge in [-0.2, -0.15) is 0 Å². The summed E-state index contributed by atoms with van der Waals surface area (Å²) >= 11 is 18.8. The van der Waals surface area contributed by atoms with Crippen molar-refractivity contribution in [2.24, 2.45) is 0 Å². The Bertz CT molecular complexity index is 1600. The lowest BCUT2D eigenvalue weighted by molar-refractivity contribution is 0.0529. The first-order chi connectivity index (χ1) is 18.6. The van der Waals surface area contributed by atoms with Crippen molar-refractivity contribution < 1.29 is 17.9 Å². The van der Waals surface area contributed by atoms with E-state index in [9.17, 15) is 13.2 Å². The first kappa shape index (κ1) is 28.8. The summed E-state index contributed by atoms with van der Waals surface area (Å²) in [5.74, 6) is -0.450. The normalized spacial score (nSPS) is 11.1. The molecular weight excluding hydrogens is 597 g/mol. The van der Waals surface area contributed by atoms with Crippen LogP contribution in [-0.2, 0) is 14.8 Å². The number of carbonyl (C=O) groups is 1. The van der Waals surface area contributed by atoms with Gasteiger partial charge in [-0.3, -0.25) is 4.72 Å². The number of halogens is 2. The molecule has 0 aliphatic carbocycles. The molecule has 202 valence electrons. The Kier molecular flexibility index (Phi) is 9.14. The highest BCUT2D eigenvalue weighted by atomic mass is 35.5. The van der Waals surface area contributed by atoms with Crippen LogP contribution in [0.25, 0.3) is 11.1 Å². The third kappa shape index (κ3) is 7.09. The number of rotatable bonds is 8. The quantitative estimate of drug-likeness (QED) is 0.137. The molecule has 0 saturated carbocycles. The number of sulfonamides is 1. The molecule has 0 amide bonds. The van der Waals surface area contributed by atoms with Crippen LogP contribution in [0, 0.1) is 6.92 Å². The van der Waals surface area contributed by atoms with Gasteiger partial charge < -0.3 is 15.4 Å². The molecule has 3 N–H and O–H groups in total. The van der Waals surface area contributed by atoms with Crippen LogP contribution in [0.1, 0.15) is 22.2 Å². The Morgan fingerprint density at radius 3 is 2.21 bits per heavy atom. The molecule has 39 heavy (non-hydrogen) atoms. The molecule has 0 aliphatic rings. The van der Waals surface area contributed by atoms with Crippen LogP contribution >= 0.6 is 46.8 Å². The lowest BCUT2D eigenvalue weighted by Gasteiger charge is -2.13. The number of hydrogen-bond acceptors (Lipinski definition) is 6. The molecule has 0 spiro atoms. The maximum Gasteiger partial charge on any atom is 0.341 e. The fraction of sp³-hybridized carbons (Fsp3) is 0.111. The molecule has 3 aromatic carbocycles. The number of benzene rings is 3. The number of thiophene rings is 1. The fourth-order valence-corrected chi connectivity index (χ4v) is 6.71. The van der Waals surface area contributed by atoms with Gasteiger partial charge >= 0.3 is 5.97 Å². The third-order valence-electron chi connectivity index (χ3n) is 5.39. The summed E-state index contributed by atoms with van der Waals surface area (Å²) in [7, 11) is -3.88. The molecule has 0 saturated heterocycles. The van der Waals surface area contributed by atoms with Gasteiger partial charge in [-0.25, -0.2) is 13.2 Å². The van der Waals surface area contributed by atoms with Gasteiger partial charge in [0.05, 0.1) is 17.2 Å². The first-order valence-corrected chi connectivity index (χ1v) is 15.1. The predicted molar refractivity (Wildman–Crippen MR) is 164 cm³/mol. The summed E-state index contributed by atoms with van der Waals surface area (Å²) in [4.78, 5) is 13.9. The smallest absolute Gasteiger partial charge is 0.341 e. The van der Waals surface area contributed by atoms with Gasteiger partial charge in [0, 0.05) is 26.2 Å². The predicted octanol–water partition coefficient (Wildman–Crippen LogP) is 7.82. The zero-order valence-corrected chi connectivity index (χ0v) is 24.7. The lowest BCUT2D eigenvalue weighted by Crippen LogP contribution is -2.20. The number of thiocarbonyl (C=S) groups is 1. The van der Waals surface area contributed by atoms with E-state index in [1.165, 1.54) is 41.7 Å². The minimum absolute atomic E-state index is 0.0361. The van der Waals surface area contributed by atoms with Gasteiger partial charge in [-0.15, -0.1) is 11.3 Å². The average Bonchev–Trinajstić information content (AvgIpc) is 3.19. The second kappa shape index (κ2) is 12.4. The standard InChI is InChI=1S/C27H23Cl2N3O4S3/c1-3-36-26(33)24-23(17-7-5-4-6-8-17)16(2)38-25(24)31-27(37)30-20-9-11-22(12-10-20)39(34,35)32-21-14-18(28)13-19(29)15-21/h4-15,32H,3H2,1-2H3,(H2,30,31,37). The Morgan fingerprint density at radius 2 is 1.59 bits per heavy atom. The van der Waals surface area contributed by atoms with Gasteiger partial charge in [0.2, 0.25) is 0 Å². The maximum atomic E-state index is 12.9. The van der Waals surface area contributed by atoms with E-state index >= 15 is 0 Å². The number of aryl methyl sites for hydroxylation is 1. The van der Waals surface area contributed by atoms with Crippen molar-refractivity contribution in [2.45, 2.75) is 18.7 Å². The maximum absolute atomic E-state index is 12.9. The Hall–Kier alpha value is -3.15. The van der Waals surface area contributed by atoms with Crippen LogP contribution in [0.5, 0.6) is 0 Å². The molecule has 0 fully saturated rings. The summed E-state index contributed by atoms with van der Waals surface area (Å²) in [5.41, 5.74) is 2.88. The number of anilines is 3. The minimum atomic E-state index is -3.88. The van der Waals surface area contributed by atoms with Gasteiger partial charge in [0.15, 0.2) is 5.11 Å². The van der Waals surface area contributed by atoms with Crippen molar-refractivity contribution in [3.8, 4) is 11.1 Å². The van der Waals surface area contributed by atoms with Crippen molar-refractivity contribution in [3.63, 3.8) is 0 Å². The molecule has 0 aliphatic heterocycles. The van der Waals surface area contributed by atoms with E-state index in [1.54, 1.807) is 19.1 Å². The molecule has 1 heterocycles. The Morgan fingerprint density at radius 1 is 0.949 bits per heavy atom. The van der Waals surface area contributed by atoms with Crippen molar-refractivity contribution >= 4 is 84.2 Å². The molecule has 12 heteroatoms. The highest BCUT2D eigenvalue weighted by Crippen LogP contribution is 2.40. The summed E-state index contributed by atoms with van der Waals surface area (Å²) in [6.45, 7) is 3.92. The molecule has 0 unspecified atom stereocenters. The minimum Gasteiger partial charge on any atom is -0.462 e. The molecule has 4 rings (SSSR count). The summed E-state index contributed by atoms with van der Waals surface area (Å²) in [6, 6.07) is 20.1. The molecule has 0 bridgehead atoms. The molecule has 4 aromatic rings. The van der Waals surface area contributed by atoms with E-state index < -0.39 is 16.0 Å². The van der Waals surface area contributed by atoms with Gasteiger partial charge in [-0.05, 0) is 74.1 Å². The number of ether oxygens (including phenoxy) is 1. The fourth-order valence-electron chi connectivity index (χ4n) is 3.79. The monoisotopic (exact) mass is 619 g/mol. The Balaban J connectivity index is 1.51. The first-order valence-electron chi connectivity index (χ1n) is 11.6. The van der Waals surface area contributed by atoms with Crippen LogP contribution in [0.4, 0.5) is 16.4 Å². The zero-order valence-electron chi connectivity index (χ0n) is 20.7. The van der Waals surface area contributed by atoms with Crippen molar-refractivity contribution in [2.75, 3.05) is 22.0 Å². The van der Waals surface area contributed by atoms with E-state index in [4.69, 9.17) is 40.2 Å².